The van der Waals surface area contributed by atoms with Gasteiger partial charge in [-0.05, 0) is 33.6 Å². The predicted octanol–water partition coefficient (Wildman–Crippen LogP) is 2.72. The van der Waals surface area contributed by atoms with Crippen molar-refractivity contribution in [3.8, 4) is 6.01 Å². The average Bonchev–Trinajstić information content (AvgIpc) is 2.41. The van der Waals surface area contributed by atoms with E-state index in [9.17, 15) is 0 Å². The van der Waals surface area contributed by atoms with Gasteiger partial charge in [0.15, 0.2) is 0 Å². The Kier molecular flexibility index (Phi) is 7.04. The van der Waals surface area contributed by atoms with Gasteiger partial charge in [0.25, 0.3) is 0 Å². The summed E-state index contributed by atoms with van der Waals surface area (Å²) in [5.74, 6) is 1.26. The molecule has 0 amide bonds. The Labute approximate surface area is 122 Å². The second kappa shape index (κ2) is 8.55. The summed E-state index contributed by atoms with van der Waals surface area (Å²) in [7, 11) is 0. The van der Waals surface area contributed by atoms with Crippen LogP contribution in [0.25, 0.3) is 0 Å². The Bertz CT molecular complexity index is 397. The molecule has 0 aliphatic rings. The SMILES string of the molecule is CCCNc1nc(OC(C)C)nc(N(CC)CCC)n1. The second-order valence-corrected chi connectivity index (χ2v) is 4.91. The molecule has 0 saturated carbocycles. The molecule has 1 heterocycles. The van der Waals surface area contributed by atoms with E-state index in [2.05, 4.69) is 45.9 Å². The second-order valence-electron chi connectivity index (χ2n) is 4.91. The number of aromatic nitrogens is 3. The molecular weight excluding hydrogens is 254 g/mol. The van der Waals surface area contributed by atoms with Crippen LogP contribution in [0.5, 0.6) is 6.01 Å². The Morgan fingerprint density at radius 1 is 1.10 bits per heavy atom. The lowest BCUT2D eigenvalue weighted by molar-refractivity contribution is 0.222. The van der Waals surface area contributed by atoms with Gasteiger partial charge in [-0.2, -0.15) is 15.0 Å². The van der Waals surface area contributed by atoms with Crippen molar-refractivity contribution in [2.75, 3.05) is 29.9 Å². The lowest BCUT2D eigenvalue weighted by Gasteiger charge is -2.21. The normalized spacial score (nSPS) is 10.7. The first kappa shape index (κ1) is 16.5. The maximum atomic E-state index is 5.62. The molecule has 0 radical (unpaired) electrons. The van der Waals surface area contributed by atoms with Crippen molar-refractivity contribution in [1.29, 1.82) is 0 Å². The van der Waals surface area contributed by atoms with Gasteiger partial charge in [-0.1, -0.05) is 13.8 Å². The summed E-state index contributed by atoms with van der Waals surface area (Å²) >= 11 is 0. The minimum atomic E-state index is 0.0468. The highest BCUT2D eigenvalue weighted by Gasteiger charge is 2.13. The van der Waals surface area contributed by atoms with Crippen LogP contribution in [0.1, 0.15) is 47.5 Å². The zero-order valence-electron chi connectivity index (χ0n) is 13.3. The number of nitrogens with zero attached hydrogens (tertiary/aromatic N) is 4. The molecule has 1 rings (SSSR count). The average molecular weight is 281 g/mol. The summed E-state index contributed by atoms with van der Waals surface area (Å²) in [5.41, 5.74) is 0. The molecule has 114 valence electrons. The lowest BCUT2D eigenvalue weighted by atomic mass is 10.4. The van der Waals surface area contributed by atoms with Gasteiger partial charge >= 0.3 is 6.01 Å². The van der Waals surface area contributed by atoms with Crippen LogP contribution in [0, 0.1) is 0 Å². The van der Waals surface area contributed by atoms with Crippen LogP contribution in [0.3, 0.4) is 0 Å². The van der Waals surface area contributed by atoms with Gasteiger partial charge < -0.3 is 15.0 Å². The first-order chi connectivity index (χ1) is 9.60. The van der Waals surface area contributed by atoms with E-state index >= 15 is 0 Å². The van der Waals surface area contributed by atoms with Gasteiger partial charge in [-0.25, -0.2) is 0 Å². The van der Waals surface area contributed by atoms with Crippen molar-refractivity contribution in [2.24, 2.45) is 0 Å². The van der Waals surface area contributed by atoms with E-state index in [0.717, 1.165) is 32.5 Å². The molecule has 6 heteroatoms. The maximum absolute atomic E-state index is 5.62. The largest absolute Gasteiger partial charge is 0.461 e. The van der Waals surface area contributed by atoms with E-state index in [1.165, 1.54) is 0 Å². The minimum absolute atomic E-state index is 0.0468. The molecule has 0 bridgehead atoms. The third kappa shape index (κ3) is 5.19. The molecule has 0 fully saturated rings. The number of ether oxygens (including phenoxy) is 1. The van der Waals surface area contributed by atoms with E-state index in [0.29, 0.717) is 17.9 Å². The summed E-state index contributed by atoms with van der Waals surface area (Å²) in [4.78, 5) is 15.3. The number of hydrogen-bond acceptors (Lipinski definition) is 6. The molecule has 1 N–H and O–H groups in total. The first-order valence-electron chi connectivity index (χ1n) is 7.52. The van der Waals surface area contributed by atoms with Crippen LogP contribution in [-0.4, -0.2) is 40.7 Å². The molecule has 20 heavy (non-hydrogen) atoms. The van der Waals surface area contributed by atoms with E-state index in [1.54, 1.807) is 0 Å². The fraction of sp³-hybridized carbons (Fsp3) is 0.786. The molecule has 0 atom stereocenters. The highest BCUT2D eigenvalue weighted by molar-refractivity contribution is 5.38. The molecule has 0 aromatic carbocycles. The highest BCUT2D eigenvalue weighted by Crippen LogP contribution is 2.16. The molecule has 6 nitrogen and oxygen atoms in total. The van der Waals surface area contributed by atoms with Crippen LogP contribution >= 0.6 is 0 Å². The van der Waals surface area contributed by atoms with Gasteiger partial charge in [-0.3, -0.25) is 0 Å². The fourth-order valence-electron chi connectivity index (χ4n) is 1.74. The van der Waals surface area contributed by atoms with Gasteiger partial charge in [0.1, 0.15) is 0 Å². The van der Waals surface area contributed by atoms with Crippen molar-refractivity contribution in [3.05, 3.63) is 0 Å². The van der Waals surface area contributed by atoms with Crippen LogP contribution in [0.4, 0.5) is 11.9 Å². The summed E-state index contributed by atoms with van der Waals surface area (Å²) in [6, 6.07) is 0.387. The molecular formula is C14H27N5O. The molecule has 1 aromatic rings. The third-order valence-corrected chi connectivity index (χ3v) is 2.64. The molecule has 0 unspecified atom stereocenters. The van der Waals surface area contributed by atoms with Crippen molar-refractivity contribution in [2.45, 2.75) is 53.6 Å². The van der Waals surface area contributed by atoms with Gasteiger partial charge in [0.2, 0.25) is 11.9 Å². The van der Waals surface area contributed by atoms with Crippen molar-refractivity contribution >= 4 is 11.9 Å². The summed E-state index contributed by atoms with van der Waals surface area (Å²) in [6.45, 7) is 12.9. The number of hydrogen-bond donors (Lipinski definition) is 1. The zero-order chi connectivity index (χ0) is 15.0. The smallest absolute Gasteiger partial charge is 0.323 e. The number of anilines is 2. The highest BCUT2D eigenvalue weighted by atomic mass is 16.5. The Balaban J connectivity index is 3.00. The minimum Gasteiger partial charge on any atom is -0.461 e. The summed E-state index contributed by atoms with van der Waals surface area (Å²) in [5, 5.41) is 3.20. The van der Waals surface area contributed by atoms with Crippen LogP contribution in [0.2, 0.25) is 0 Å². The Morgan fingerprint density at radius 2 is 1.85 bits per heavy atom. The Hall–Kier alpha value is -1.59. The quantitative estimate of drug-likeness (QED) is 0.751. The van der Waals surface area contributed by atoms with Gasteiger partial charge in [0.05, 0.1) is 6.10 Å². The maximum Gasteiger partial charge on any atom is 0.323 e. The van der Waals surface area contributed by atoms with Crippen LogP contribution < -0.4 is 15.0 Å². The van der Waals surface area contributed by atoms with Crippen LogP contribution in [-0.2, 0) is 0 Å². The van der Waals surface area contributed by atoms with E-state index in [1.807, 2.05) is 13.8 Å². The lowest BCUT2D eigenvalue weighted by Crippen LogP contribution is -2.26. The summed E-state index contributed by atoms with van der Waals surface area (Å²) in [6.07, 6.45) is 2.12. The van der Waals surface area contributed by atoms with Crippen LogP contribution in [0.15, 0.2) is 0 Å². The van der Waals surface area contributed by atoms with Gasteiger partial charge in [0, 0.05) is 19.6 Å². The number of rotatable bonds is 9. The molecule has 1 aromatic heterocycles. The van der Waals surface area contributed by atoms with Gasteiger partial charge in [-0.15, -0.1) is 0 Å². The van der Waals surface area contributed by atoms with Crippen molar-refractivity contribution in [1.82, 2.24) is 15.0 Å². The first-order valence-corrected chi connectivity index (χ1v) is 7.52. The molecule has 0 aliphatic heterocycles. The monoisotopic (exact) mass is 281 g/mol. The van der Waals surface area contributed by atoms with Crippen molar-refractivity contribution in [3.63, 3.8) is 0 Å². The summed E-state index contributed by atoms with van der Waals surface area (Å²) < 4.78 is 5.62. The third-order valence-electron chi connectivity index (χ3n) is 2.64. The molecule has 0 saturated heterocycles. The predicted molar refractivity (Wildman–Crippen MR) is 82.5 cm³/mol. The van der Waals surface area contributed by atoms with E-state index in [-0.39, 0.29) is 6.10 Å². The fourth-order valence-corrected chi connectivity index (χ4v) is 1.74. The molecule has 0 spiro atoms. The van der Waals surface area contributed by atoms with E-state index in [4.69, 9.17) is 4.74 Å². The zero-order valence-corrected chi connectivity index (χ0v) is 13.3. The Morgan fingerprint density at radius 3 is 2.40 bits per heavy atom. The topological polar surface area (TPSA) is 63.2 Å². The number of nitrogens with one attached hydrogen (secondary N) is 1. The standard InChI is InChI=1S/C14H27N5O/c1-6-9-15-12-16-13(19(8-3)10-7-2)18-14(17-12)20-11(4)5/h11H,6-10H2,1-5H3,(H,15,16,17,18). The van der Waals surface area contributed by atoms with E-state index < -0.39 is 0 Å². The molecule has 0 aliphatic carbocycles. The van der Waals surface area contributed by atoms with Crippen molar-refractivity contribution < 1.29 is 4.74 Å².